The number of morpholine rings is 1. The van der Waals surface area contributed by atoms with Gasteiger partial charge in [-0.3, -0.25) is 14.8 Å². The molecule has 3 aromatic rings. The summed E-state index contributed by atoms with van der Waals surface area (Å²) in [5.74, 6) is 1.42. The van der Waals surface area contributed by atoms with Crippen LogP contribution in [0.15, 0.2) is 42.2 Å². The number of H-pyrrole nitrogens is 1. The molecular formula is C22H21N3O4. The van der Waals surface area contributed by atoms with Gasteiger partial charge >= 0.3 is 0 Å². The molecule has 1 saturated heterocycles. The molecule has 2 aromatic carbocycles. The molecule has 5 rings (SSSR count). The molecule has 1 aromatic heterocycles. The lowest BCUT2D eigenvalue weighted by atomic mass is 10.0. The number of aromatic amines is 1. The van der Waals surface area contributed by atoms with E-state index in [1.54, 1.807) is 19.3 Å². The van der Waals surface area contributed by atoms with Crippen LogP contribution in [0.2, 0.25) is 0 Å². The highest BCUT2D eigenvalue weighted by molar-refractivity contribution is 6.15. The summed E-state index contributed by atoms with van der Waals surface area (Å²) in [6.07, 6.45) is 1.70. The van der Waals surface area contributed by atoms with E-state index >= 15 is 0 Å². The van der Waals surface area contributed by atoms with Crippen LogP contribution in [0, 0.1) is 0 Å². The van der Waals surface area contributed by atoms with Crippen LogP contribution in [0.1, 0.15) is 21.6 Å². The lowest BCUT2D eigenvalue weighted by Crippen LogP contribution is -2.35. The Balaban J connectivity index is 1.52. The molecule has 29 heavy (non-hydrogen) atoms. The van der Waals surface area contributed by atoms with Crippen LogP contribution >= 0.6 is 0 Å². The molecule has 0 amide bonds. The highest BCUT2D eigenvalue weighted by Crippen LogP contribution is 2.40. The molecule has 1 N–H and O–H groups in total. The molecule has 0 atom stereocenters. The van der Waals surface area contributed by atoms with E-state index in [0.717, 1.165) is 35.3 Å². The Morgan fingerprint density at radius 3 is 2.86 bits per heavy atom. The first kappa shape index (κ1) is 17.9. The lowest BCUT2D eigenvalue weighted by Gasteiger charge is -2.27. The maximum Gasteiger partial charge on any atom is 0.232 e. The van der Waals surface area contributed by atoms with E-state index in [0.29, 0.717) is 36.8 Å². The number of hydrogen-bond donors (Lipinski definition) is 1. The topological polar surface area (TPSA) is 76.7 Å². The van der Waals surface area contributed by atoms with Gasteiger partial charge in [0.1, 0.15) is 11.5 Å². The zero-order valence-corrected chi connectivity index (χ0v) is 16.1. The minimum absolute atomic E-state index is 0.141. The van der Waals surface area contributed by atoms with Gasteiger partial charge in [-0.2, -0.15) is 5.10 Å². The molecule has 1 fully saturated rings. The highest BCUT2D eigenvalue weighted by Gasteiger charge is 2.32. The van der Waals surface area contributed by atoms with Gasteiger partial charge in [-0.05, 0) is 18.2 Å². The molecule has 7 heteroatoms. The van der Waals surface area contributed by atoms with E-state index in [-0.39, 0.29) is 11.5 Å². The van der Waals surface area contributed by atoms with Gasteiger partial charge in [-0.15, -0.1) is 0 Å². The van der Waals surface area contributed by atoms with Crippen LogP contribution < -0.4 is 9.47 Å². The SMILES string of the molecule is COc1ccc2c(c1CN1CCOCC1)O/C(=C\c1n[nH]c3ccccc13)C2=O. The van der Waals surface area contributed by atoms with Crippen LogP contribution in [-0.2, 0) is 11.3 Å². The maximum absolute atomic E-state index is 13.0. The average Bonchev–Trinajstić information content (AvgIpc) is 3.31. The van der Waals surface area contributed by atoms with E-state index in [9.17, 15) is 4.79 Å². The molecule has 148 valence electrons. The van der Waals surface area contributed by atoms with E-state index in [2.05, 4.69) is 15.1 Å². The number of methoxy groups -OCH3 is 1. The third kappa shape index (κ3) is 3.18. The number of Topliss-reactive ketones (excluding diaryl/α,β-unsaturated/α-hetero) is 1. The number of allylic oxidation sites excluding steroid dienone is 1. The average molecular weight is 391 g/mol. The number of carbonyl (C=O) groups excluding carboxylic acids is 1. The van der Waals surface area contributed by atoms with Crippen LogP contribution in [0.3, 0.4) is 0 Å². The summed E-state index contributed by atoms with van der Waals surface area (Å²) in [4.78, 5) is 15.3. The third-order valence-electron chi connectivity index (χ3n) is 5.37. The van der Waals surface area contributed by atoms with Crippen molar-refractivity contribution in [3.05, 3.63) is 59.0 Å². The largest absolute Gasteiger partial charge is 0.496 e. The first-order valence-electron chi connectivity index (χ1n) is 9.62. The van der Waals surface area contributed by atoms with Gasteiger partial charge in [0.05, 0.1) is 42.7 Å². The summed E-state index contributed by atoms with van der Waals surface area (Å²) in [6, 6.07) is 11.4. The summed E-state index contributed by atoms with van der Waals surface area (Å²) >= 11 is 0. The number of nitrogens with one attached hydrogen (secondary N) is 1. The third-order valence-corrected chi connectivity index (χ3v) is 5.37. The van der Waals surface area contributed by atoms with Crippen molar-refractivity contribution in [1.82, 2.24) is 15.1 Å². The van der Waals surface area contributed by atoms with Crippen LogP contribution in [0.5, 0.6) is 11.5 Å². The number of nitrogens with zero attached hydrogens (tertiary/aromatic N) is 2. The molecule has 2 aliphatic rings. The quantitative estimate of drug-likeness (QED) is 0.689. The van der Waals surface area contributed by atoms with Crippen molar-refractivity contribution < 1.29 is 19.0 Å². The normalized spacial score (nSPS) is 18.2. The predicted octanol–water partition coefficient (Wildman–Crippen LogP) is 3.02. The Morgan fingerprint density at radius 1 is 1.21 bits per heavy atom. The van der Waals surface area contributed by atoms with Gasteiger partial charge in [0.2, 0.25) is 5.78 Å². The van der Waals surface area contributed by atoms with E-state index in [1.165, 1.54) is 0 Å². The predicted molar refractivity (Wildman–Crippen MR) is 108 cm³/mol. The van der Waals surface area contributed by atoms with E-state index in [1.807, 2.05) is 30.3 Å². The fraction of sp³-hybridized carbons (Fsp3) is 0.273. The molecule has 0 aliphatic carbocycles. The smallest absolute Gasteiger partial charge is 0.232 e. The van der Waals surface area contributed by atoms with Gasteiger partial charge in [-0.25, -0.2) is 0 Å². The van der Waals surface area contributed by atoms with Crippen molar-refractivity contribution in [3.63, 3.8) is 0 Å². The summed E-state index contributed by atoms with van der Waals surface area (Å²) in [5.41, 5.74) is 3.03. The van der Waals surface area contributed by atoms with Crippen LogP contribution in [0.25, 0.3) is 17.0 Å². The van der Waals surface area contributed by atoms with Crippen molar-refractivity contribution in [2.75, 3.05) is 33.4 Å². The van der Waals surface area contributed by atoms with Crippen molar-refractivity contribution in [3.8, 4) is 11.5 Å². The summed E-state index contributed by atoms with van der Waals surface area (Å²) in [6.45, 7) is 3.72. The number of aromatic nitrogens is 2. The fourth-order valence-corrected chi connectivity index (χ4v) is 3.83. The Kier molecular flexibility index (Phi) is 4.54. The molecule has 0 saturated carbocycles. The number of ether oxygens (including phenoxy) is 3. The zero-order valence-electron chi connectivity index (χ0n) is 16.1. The number of ketones is 1. The van der Waals surface area contributed by atoms with Crippen molar-refractivity contribution >= 4 is 22.8 Å². The number of benzene rings is 2. The number of hydrogen-bond acceptors (Lipinski definition) is 6. The molecule has 0 radical (unpaired) electrons. The zero-order chi connectivity index (χ0) is 19.8. The Bertz CT molecular complexity index is 1110. The van der Waals surface area contributed by atoms with Gasteiger partial charge in [0.15, 0.2) is 5.76 Å². The lowest BCUT2D eigenvalue weighted by molar-refractivity contribution is 0.0336. The fourth-order valence-electron chi connectivity index (χ4n) is 3.83. The standard InChI is InChI=1S/C22H21N3O4/c1-27-19-7-6-15-21(26)20(12-18-14-4-2-3-5-17(14)23-24-18)29-22(15)16(19)13-25-8-10-28-11-9-25/h2-7,12H,8-11,13H2,1H3,(H,23,24)/b20-12-. The second-order valence-corrected chi connectivity index (χ2v) is 7.11. The second kappa shape index (κ2) is 7.35. The van der Waals surface area contributed by atoms with Gasteiger partial charge in [0.25, 0.3) is 0 Å². The Labute approximate surface area is 167 Å². The molecule has 2 aliphatic heterocycles. The van der Waals surface area contributed by atoms with E-state index in [4.69, 9.17) is 14.2 Å². The minimum Gasteiger partial charge on any atom is -0.496 e. The molecule has 0 spiro atoms. The maximum atomic E-state index is 13.0. The summed E-state index contributed by atoms with van der Waals surface area (Å²) in [5, 5.41) is 8.25. The first-order chi connectivity index (χ1) is 14.2. The minimum atomic E-state index is -0.141. The van der Waals surface area contributed by atoms with Crippen molar-refractivity contribution in [2.24, 2.45) is 0 Å². The summed E-state index contributed by atoms with van der Waals surface area (Å²) in [7, 11) is 1.63. The number of rotatable bonds is 4. The Morgan fingerprint density at radius 2 is 2.03 bits per heavy atom. The molecular weight excluding hydrogens is 370 g/mol. The van der Waals surface area contributed by atoms with Gasteiger partial charge < -0.3 is 14.2 Å². The molecule has 7 nitrogen and oxygen atoms in total. The van der Waals surface area contributed by atoms with Gasteiger partial charge in [-0.1, -0.05) is 18.2 Å². The van der Waals surface area contributed by atoms with Crippen molar-refractivity contribution in [1.29, 1.82) is 0 Å². The van der Waals surface area contributed by atoms with E-state index < -0.39 is 0 Å². The molecule has 0 unspecified atom stereocenters. The van der Waals surface area contributed by atoms with Crippen molar-refractivity contribution in [2.45, 2.75) is 6.54 Å². The number of para-hydroxylation sites is 1. The number of fused-ring (bicyclic) bond motifs is 2. The number of carbonyl (C=O) groups is 1. The first-order valence-corrected chi connectivity index (χ1v) is 9.62. The summed E-state index contributed by atoms with van der Waals surface area (Å²) < 4.78 is 17.1. The highest BCUT2D eigenvalue weighted by atomic mass is 16.5. The molecule has 3 heterocycles. The monoisotopic (exact) mass is 391 g/mol. The van der Waals surface area contributed by atoms with Gasteiger partial charge in [0, 0.05) is 31.1 Å². The molecule has 0 bridgehead atoms. The second-order valence-electron chi connectivity index (χ2n) is 7.11. The van der Waals surface area contributed by atoms with Crippen LogP contribution in [0.4, 0.5) is 0 Å². The Hall–Kier alpha value is -3.16. The van der Waals surface area contributed by atoms with Crippen LogP contribution in [-0.4, -0.2) is 54.3 Å².